The molecule has 6 aromatic carbocycles. The summed E-state index contributed by atoms with van der Waals surface area (Å²) in [6.07, 6.45) is 0. The summed E-state index contributed by atoms with van der Waals surface area (Å²) in [5.74, 6) is 0.668. The Kier molecular flexibility index (Phi) is 5.14. The molecule has 3 nitrogen and oxygen atoms in total. The summed E-state index contributed by atoms with van der Waals surface area (Å²) in [6, 6.07) is 38.9. The number of fused-ring (bicyclic) bond motifs is 7. The molecule has 0 atom stereocenters. The van der Waals surface area contributed by atoms with Crippen molar-refractivity contribution in [3.63, 3.8) is 0 Å². The fraction of sp³-hybridized carbons (Fsp3) is 0.0278. The van der Waals surface area contributed by atoms with Gasteiger partial charge in [0.15, 0.2) is 0 Å². The number of furan rings is 1. The standard InChI is InChI=1S/C36H26N2O/c1-21(36(37)38)35-22(2)39-34-18-16-26(20-33(34)35)24-13-11-23(12-14-24)25-15-17-31-29-9-4-3-7-27(29)28-8-5-6-10-30(28)32(31)19-25/h3-20H,1H2,2H3,(H3,37,38). The van der Waals surface area contributed by atoms with Gasteiger partial charge in [0.1, 0.15) is 17.2 Å². The number of rotatable bonds is 4. The lowest BCUT2D eigenvalue weighted by molar-refractivity contribution is 0.577. The highest BCUT2D eigenvalue weighted by atomic mass is 16.3. The molecule has 0 radical (unpaired) electrons. The summed E-state index contributed by atoms with van der Waals surface area (Å²) in [6.45, 7) is 5.89. The van der Waals surface area contributed by atoms with Crippen molar-refractivity contribution >= 4 is 54.7 Å². The van der Waals surface area contributed by atoms with Gasteiger partial charge < -0.3 is 10.2 Å². The highest BCUT2D eigenvalue weighted by Gasteiger charge is 2.16. The lowest BCUT2D eigenvalue weighted by Gasteiger charge is -2.12. The van der Waals surface area contributed by atoms with Crippen LogP contribution in [-0.2, 0) is 0 Å². The molecule has 3 N–H and O–H groups in total. The number of nitrogens with one attached hydrogen (secondary N) is 1. The van der Waals surface area contributed by atoms with Crippen molar-refractivity contribution < 1.29 is 4.42 Å². The average molecular weight is 503 g/mol. The maximum atomic E-state index is 7.84. The molecule has 0 saturated heterocycles. The van der Waals surface area contributed by atoms with E-state index in [0.29, 0.717) is 11.3 Å². The van der Waals surface area contributed by atoms with Crippen LogP contribution < -0.4 is 5.73 Å². The fourth-order valence-electron chi connectivity index (χ4n) is 5.85. The van der Waals surface area contributed by atoms with Crippen molar-refractivity contribution in [1.82, 2.24) is 0 Å². The Morgan fingerprint density at radius 3 is 1.56 bits per heavy atom. The van der Waals surface area contributed by atoms with E-state index in [1.54, 1.807) is 0 Å². The van der Waals surface area contributed by atoms with Crippen LogP contribution in [0.2, 0.25) is 0 Å². The molecule has 0 saturated carbocycles. The zero-order chi connectivity index (χ0) is 26.7. The van der Waals surface area contributed by atoms with Crippen LogP contribution >= 0.6 is 0 Å². The van der Waals surface area contributed by atoms with Gasteiger partial charge in [0.25, 0.3) is 0 Å². The lowest BCUT2D eigenvalue weighted by Crippen LogP contribution is -2.11. The molecule has 1 heterocycles. The van der Waals surface area contributed by atoms with Crippen molar-refractivity contribution in [2.45, 2.75) is 6.92 Å². The molecule has 186 valence electrons. The first-order valence-corrected chi connectivity index (χ1v) is 13.0. The van der Waals surface area contributed by atoms with Gasteiger partial charge in [0.2, 0.25) is 0 Å². The van der Waals surface area contributed by atoms with Crippen LogP contribution in [0.5, 0.6) is 0 Å². The average Bonchev–Trinajstić information content (AvgIpc) is 3.31. The number of benzene rings is 6. The first kappa shape index (κ1) is 23.0. The molecule has 0 aliphatic carbocycles. The smallest absolute Gasteiger partial charge is 0.134 e. The van der Waals surface area contributed by atoms with Crippen LogP contribution in [-0.4, -0.2) is 5.84 Å². The first-order chi connectivity index (χ1) is 19.0. The SMILES string of the molecule is C=C(C(=N)N)c1c(C)oc2ccc(-c3ccc(-c4ccc5c6ccccc6c6ccccc6c5c4)cc3)cc12. The van der Waals surface area contributed by atoms with E-state index < -0.39 is 0 Å². The topological polar surface area (TPSA) is 63.0 Å². The van der Waals surface area contributed by atoms with Crippen LogP contribution in [0.25, 0.3) is 71.1 Å². The third-order valence-corrected chi connectivity index (χ3v) is 7.79. The number of amidine groups is 1. The van der Waals surface area contributed by atoms with Crippen molar-refractivity contribution in [2.75, 3.05) is 0 Å². The third-order valence-electron chi connectivity index (χ3n) is 7.79. The molecule has 7 aromatic rings. The van der Waals surface area contributed by atoms with Crippen LogP contribution in [0.1, 0.15) is 11.3 Å². The Hall–Kier alpha value is -5.15. The minimum absolute atomic E-state index is 0.0493. The van der Waals surface area contributed by atoms with Gasteiger partial charge in [-0.1, -0.05) is 97.6 Å². The maximum absolute atomic E-state index is 7.84. The van der Waals surface area contributed by atoms with Gasteiger partial charge >= 0.3 is 0 Å². The maximum Gasteiger partial charge on any atom is 0.134 e. The summed E-state index contributed by atoms with van der Waals surface area (Å²) in [5, 5.41) is 16.4. The number of aryl methyl sites for hydroxylation is 1. The van der Waals surface area contributed by atoms with Gasteiger partial charge in [-0.3, -0.25) is 5.41 Å². The number of hydrogen-bond donors (Lipinski definition) is 2. The highest BCUT2D eigenvalue weighted by Crippen LogP contribution is 2.38. The zero-order valence-corrected chi connectivity index (χ0v) is 21.6. The Morgan fingerprint density at radius 1 is 0.590 bits per heavy atom. The second-order valence-corrected chi connectivity index (χ2v) is 10.1. The van der Waals surface area contributed by atoms with Crippen molar-refractivity contribution in [3.05, 3.63) is 127 Å². The molecule has 39 heavy (non-hydrogen) atoms. The minimum Gasteiger partial charge on any atom is -0.461 e. The van der Waals surface area contributed by atoms with Gasteiger partial charge in [0, 0.05) is 16.5 Å². The van der Waals surface area contributed by atoms with Gasteiger partial charge in [-0.2, -0.15) is 0 Å². The zero-order valence-electron chi connectivity index (χ0n) is 21.6. The highest BCUT2D eigenvalue weighted by molar-refractivity contribution is 6.26. The van der Waals surface area contributed by atoms with Crippen LogP contribution in [0.3, 0.4) is 0 Å². The minimum atomic E-state index is -0.0493. The van der Waals surface area contributed by atoms with E-state index in [-0.39, 0.29) is 5.84 Å². The van der Waals surface area contributed by atoms with Crippen LogP contribution in [0, 0.1) is 12.3 Å². The molecule has 0 aliphatic rings. The van der Waals surface area contributed by atoms with E-state index in [0.717, 1.165) is 27.7 Å². The van der Waals surface area contributed by atoms with Gasteiger partial charge in [-0.15, -0.1) is 0 Å². The predicted octanol–water partition coefficient (Wildman–Crippen LogP) is 9.48. The molecule has 0 bridgehead atoms. The second kappa shape index (κ2) is 8.71. The molecular formula is C36H26N2O. The first-order valence-electron chi connectivity index (χ1n) is 13.0. The second-order valence-electron chi connectivity index (χ2n) is 10.1. The summed E-state index contributed by atoms with van der Waals surface area (Å²) in [4.78, 5) is 0. The van der Waals surface area contributed by atoms with Gasteiger partial charge in [-0.05, 0) is 79.7 Å². The summed E-state index contributed by atoms with van der Waals surface area (Å²) in [5.41, 5.74) is 12.3. The monoisotopic (exact) mass is 502 g/mol. The molecule has 0 fully saturated rings. The van der Waals surface area contributed by atoms with E-state index in [1.807, 2.05) is 13.0 Å². The van der Waals surface area contributed by atoms with E-state index in [2.05, 4.69) is 110 Å². The molecule has 0 spiro atoms. The Bertz CT molecular complexity index is 2080. The lowest BCUT2D eigenvalue weighted by atomic mass is 9.91. The summed E-state index contributed by atoms with van der Waals surface area (Å²) < 4.78 is 5.92. The van der Waals surface area contributed by atoms with Crippen molar-refractivity contribution in [2.24, 2.45) is 5.73 Å². The fourth-order valence-corrected chi connectivity index (χ4v) is 5.85. The molecule has 7 rings (SSSR count). The molecule has 3 heteroatoms. The van der Waals surface area contributed by atoms with Crippen LogP contribution in [0.15, 0.2) is 120 Å². The van der Waals surface area contributed by atoms with Crippen molar-refractivity contribution in [3.8, 4) is 22.3 Å². The van der Waals surface area contributed by atoms with Crippen LogP contribution in [0.4, 0.5) is 0 Å². The molecule has 0 aliphatic heterocycles. The molecule has 1 aromatic heterocycles. The predicted molar refractivity (Wildman–Crippen MR) is 165 cm³/mol. The normalized spacial score (nSPS) is 11.5. The third kappa shape index (κ3) is 3.63. The van der Waals surface area contributed by atoms with E-state index in [4.69, 9.17) is 15.6 Å². The molecular weight excluding hydrogens is 476 g/mol. The van der Waals surface area contributed by atoms with Crippen molar-refractivity contribution in [1.29, 1.82) is 5.41 Å². The molecule has 0 amide bonds. The van der Waals surface area contributed by atoms with E-state index in [1.165, 1.54) is 43.4 Å². The quantitative estimate of drug-likeness (QED) is 0.143. The van der Waals surface area contributed by atoms with E-state index >= 15 is 0 Å². The summed E-state index contributed by atoms with van der Waals surface area (Å²) in [7, 11) is 0. The number of hydrogen-bond acceptors (Lipinski definition) is 2. The largest absolute Gasteiger partial charge is 0.461 e. The number of nitrogens with two attached hydrogens (primary N) is 1. The Balaban J connectivity index is 1.32. The Morgan fingerprint density at radius 2 is 1.03 bits per heavy atom. The Labute approximate surface area is 226 Å². The van der Waals surface area contributed by atoms with Gasteiger partial charge in [-0.25, -0.2) is 0 Å². The van der Waals surface area contributed by atoms with Gasteiger partial charge in [0.05, 0.1) is 0 Å². The van der Waals surface area contributed by atoms with E-state index in [9.17, 15) is 0 Å². The molecule has 0 unspecified atom stereocenters. The summed E-state index contributed by atoms with van der Waals surface area (Å²) >= 11 is 0.